The van der Waals surface area contributed by atoms with Gasteiger partial charge < -0.3 is 4.74 Å². The highest BCUT2D eigenvalue weighted by Crippen LogP contribution is 2.23. The summed E-state index contributed by atoms with van der Waals surface area (Å²) in [7, 11) is 1.52. The molecule has 0 fully saturated rings. The third kappa shape index (κ3) is 2.85. The fraction of sp³-hybridized carbons (Fsp3) is 0.111. The minimum atomic E-state index is -0.514. The van der Waals surface area contributed by atoms with E-state index in [0.29, 0.717) is 11.3 Å². The molecular formula is C9H8BrNO3. The van der Waals surface area contributed by atoms with E-state index >= 15 is 0 Å². The Hall–Kier alpha value is -1.36. The lowest BCUT2D eigenvalue weighted by molar-refractivity contribution is -0.400. The summed E-state index contributed by atoms with van der Waals surface area (Å²) in [5.41, 5.74) is 0.665. The van der Waals surface area contributed by atoms with Crippen molar-refractivity contribution in [3.8, 4) is 5.75 Å². The van der Waals surface area contributed by atoms with Crippen molar-refractivity contribution >= 4 is 22.0 Å². The molecule has 0 N–H and O–H groups in total. The molecule has 0 heterocycles. The minimum Gasteiger partial charge on any atom is -0.496 e. The van der Waals surface area contributed by atoms with E-state index in [2.05, 4.69) is 15.9 Å². The number of rotatable bonds is 3. The monoisotopic (exact) mass is 257 g/mol. The van der Waals surface area contributed by atoms with Gasteiger partial charge in [-0.25, -0.2) is 0 Å². The molecule has 0 saturated heterocycles. The first-order chi connectivity index (χ1) is 6.63. The third-order valence-electron chi connectivity index (χ3n) is 1.57. The molecule has 0 unspecified atom stereocenters. The van der Waals surface area contributed by atoms with E-state index in [4.69, 9.17) is 4.74 Å². The van der Waals surface area contributed by atoms with Gasteiger partial charge in [-0.15, -0.1) is 0 Å². The number of halogens is 1. The molecule has 0 aromatic heterocycles. The maximum absolute atomic E-state index is 10.1. The summed E-state index contributed by atoms with van der Waals surface area (Å²) >= 11 is 3.27. The van der Waals surface area contributed by atoms with Gasteiger partial charge in [0, 0.05) is 16.1 Å². The lowest BCUT2D eigenvalue weighted by Gasteiger charge is -2.03. The van der Waals surface area contributed by atoms with Crippen LogP contribution in [0.5, 0.6) is 5.75 Å². The average Bonchev–Trinajstić information content (AvgIpc) is 2.15. The molecule has 0 amide bonds. The maximum atomic E-state index is 10.1. The fourth-order valence-electron chi connectivity index (χ4n) is 0.977. The van der Waals surface area contributed by atoms with Crippen LogP contribution in [0.3, 0.4) is 0 Å². The first-order valence-corrected chi connectivity index (χ1v) is 4.58. The van der Waals surface area contributed by atoms with Crippen LogP contribution in [-0.2, 0) is 0 Å². The molecule has 0 saturated carbocycles. The van der Waals surface area contributed by atoms with Gasteiger partial charge in [0.2, 0.25) is 6.20 Å². The van der Waals surface area contributed by atoms with Gasteiger partial charge in [-0.05, 0) is 18.2 Å². The van der Waals surface area contributed by atoms with Gasteiger partial charge in [-0.1, -0.05) is 15.9 Å². The first-order valence-electron chi connectivity index (χ1n) is 3.78. The van der Waals surface area contributed by atoms with Crippen molar-refractivity contribution in [2.75, 3.05) is 7.11 Å². The van der Waals surface area contributed by atoms with E-state index < -0.39 is 4.92 Å². The summed E-state index contributed by atoms with van der Waals surface area (Å²) in [6.45, 7) is 0. The van der Waals surface area contributed by atoms with Gasteiger partial charge >= 0.3 is 0 Å². The Morgan fingerprint density at radius 1 is 1.57 bits per heavy atom. The van der Waals surface area contributed by atoms with Gasteiger partial charge in [0.1, 0.15) is 5.75 Å². The van der Waals surface area contributed by atoms with Crippen molar-refractivity contribution in [1.29, 1.82) is 0 Å². The minimum absolute atomic E-state index is 0.514. The molecule has 5 heteroatoms. The quantitative estimate of drug-likeness (QED) is 0.618. The fourth-order valence-corrected chi connectivity index (χ4v) is 1.36. The lowest BCUT2D eigenvalue weighted by Crippen LogP contribution is -1.88. The third-order valence-corrected chi connectivity index (χ3v) is 2.06. The summed E-state index contributed by atoms with van der Waals surface area (Å²) in [5, 5.41) is 10.1. The SMILES string of the molecule is COc1ccc(Br)cc1C=C[N+](=O)[O-]. The second-order valence-electron chi connectivity index (χ2n) is 2.49. The zero-order valence-corrected chi connectivity index (χ0v) is 9.02. The van der Waals surface area contributed by atoms with Crippen LogP contribution >= 0.6 is 15.9 Å². The lowest BCUT2D eigenvalue weighted by atomic mass is 10.2. The van der Waals surface area contributed by atoms with Crippen molar-refractivity contribution < 1.29 is 9.66 Å². The van der Waals surface area contributed by atoms with E-state index in [1.807, 2.05) is 6.07 Å². The topological polar surface area (TPSA) is 52.4 Å². The zero-order chi connectivity index (χ0) is 10.6. The molecule has 74 valence electrons. The Morgan fingerprint density at radius 2 is 2.29 bits per heavy atom. The maximum Gasteiger partial charge on any atom is 0.235 e. The predicted octanol–water partition coefficient (Wildman–Crippen LogP) is 2.71. The van der Waals surface area contributed by atoms with Crippen LogP contribution in [-0.4, -0.2) is 12.0 Å². The highest BCUT2D eigenvalue weighted by Gasteiger charge is 2.01. The molecule has 0 aliphatic heterocycles. The molecular weight excluding hydrogens is 250 g/mol. The van der Waals surface area contributed by atoms with Gasteiger partial charge in [-0.2, -0.15) is 0 Å². The molecule has 14 heavy (non-hydrogen) atoms. The summed E-state index contributed by atoms with van der Waals surface area (Å²) in [4.78, 5) is 9.61. The average molecular weight is 258 g/mol. The van der Waals surface area contributed by atoms with Crippen molar-refractivity contribution in [3.63, 3.8) is 0 Å². The van der Waals surface area contributed by atoms with Gasteiger partial charge in [-0.3, -0.25) is 10.1 Å². The van der Waals surface area contributed by atoms with E-state index in [1.165, 1.54) is 13.2 Å². The van der Waals surface area contributed by atoms with Crippen molar-refractivity contribution in [1.82, 2.24) is 0 Å². The second-order valence-corrected chi connectivity index (χ2v) is 3.40. The Bertz CT molecular complexity index is 376. The standard InChI is InChI=1S/C9H8BrNO3/c1-14-9-3-2-8(10)6-7(9)4-5-11(12)13/h2-6H,1H3. The van der Waals surface area contributed by atoms with Crippen molar-refractivity contribution in [3.05, 3.63) is 44.5 Å². The molecule has 4 nitrogen and oxygen atoms in total. The van der Waals surface area contributed by atoms with E-state index in [-0.39, 0.29) is 0 Å². The first kappa shape index (κ1) is 10.7. The number of benzene rings is 1. The largest absolute Gasteiger partial charge is 0.496 e. The second kappa shape index (κ2) is 4.76. The highest BCUT2D eigenvalue weighted by atomic mass is 79.9. The van der Waals surface area contributed by atoms with Crippen molar-refractivity contribution in [2.24, 2.45) is 0 Å². The van der Waals surface area contributed by atoms with Crippen LogP contribution in [0.15, 0.2) is 28.9 Å². The summed E-state index contributed by atoms with van der Waals surface area (Å²) in [6, 6.07) is 5.30. The highest BCUT2D eigenvalue weighted by molar-refractivity contribution is 9.10. The zero-order valence-electron chi connectivity index (χ0n) is 7.44. The summed E-state index contributed by atoms with van der Waals surface area (Å²) in [5.74, 6) is 0.603. The molecule has 0 spiro atoms. The van der Waals surface area contributed by atoms with Crippen LogP contribution < -0.4 is 4.74 Å². The Balaban J connectivity index is 3.04. The van der Waals surface area contributed by atoms with Crippen LogP contribution in [0, 0.1) is 10.1 Å². The van der Waals surface area contributed by atoms with Crippen LogP contribution in [0.2, 0.25) is 0 Å². The van der Waals surface area contributed by atoms with Gasteiger partial charge in [0.05, 0.1) is 12.0 Å². The Labute approximate surface area is 89.5 Å². The Morgan fingerprint density at radius 3 is 2.86 bits per heavy atom. The molecule has 1 rings (SSSR count). The van der Waals surface area contributed by atoms with Crippen LogP contribution in [0.1, 0.15) is 5.56 Å². The van der Waals surface area contributed by atoms with E-state index in [9.17, 15) is 10.1 Å². The number of hydrogen-bond donors (Lipinski definition) is 0. The molecule has 1 aromatic rings. The Kier molecular flexibility index (Phi) is 3.64. The van der Waals surface area contributed by atoms with Gasteiger partial charge in [0.25, 0.3) is 0 Å². The number of hydrogen-bond acceptors (Lipinski definition) is 3. The van der Waals surface area contributed by atoms with Crippen LogP contribution in [0.25, 0.3) is 6.08 Å². The molecule has 0 atom stereocenters. The number of nitrogens with zero attached hydrogens (tertiary/aromatic N) is 1. The summed E-state index contributed by atoms with van der Waals surface area (Å²) < 4.78 is 5.89. The van der Waals surface area contributed by atoms with Crippen molar-refractivity contribution in [2.45, 2.75) is 0 Å². The molecule has 0 radical (unpaired) electrons. The molecule has 1 aromatic carbocycles. The molecule has 0 bridgehead atoms. The molecule has 0 aliphatic carbocycles. The van der Waals surface area contributed by atoms with E-state index in [1.54, 1.807) is 12.1 Å². The van der Waals surface area contributed by atoms with Gasteiger partial charge in [0.15, 0.2) is 0 Å². The summed E-state index contributed by atoms with van der Waals surface area (Å²) in [6.07, 6.45) is 2.27. The number of methoxy groups -OCH3 is 1. The predicted molar refractivity (Wildman–Crippen MR) is 56.7 cm³/mol. The van der Waals surface area contributed by atoms with Crippen LogP contribution in [0.4, 0.5) is 0 Å². The normalized spacial score (nSPS) is 10.4. The van der Waals surface area contributed by atoms with E-state index in [0.717, 1.165) is 10.7 Å². The number of nitro groups is 1. The molecule has 0 aliphatic rings. The smallest absolute Gasteiger partial charge is 0.235 e. The number of ether oxygens (including phenoxy) is 1.